The Morgan fingerprint density at radius 2 is 2.15 bits per heavy atom. The van der Waals surface area contributed by atoms with E-state index >= 15 is 0 Å². The maximum atomic E-state index is 5.38. The molecule has 5 heteroatoms. The average Bonchev–Trinajstić information content (AvgIpc) is 2.95. The molecule has 0 atom stereocenters. The molecule has 1 aromatic carbocycles. The first-order chi connectivity index (χ1) is 9.81. The Bertz CT molecular complexity index is 736. The monoisotopic (exact) mass is 268 g/mol. The summed E-state index contributed by atoms with van der Waals surface area (Å²) in [7, 11) is 1.67. The van der Waals surface area contributed by atoms with Crippen molar-refractivity contribution in [2.24, 2.45) is 0 Å². The Labute approximate surface area is 117 Å². The van der Waals surface area contributed by atoms with Crippen LogP contribution in [0, 0.1) is 0 Å². The zero-order chi connectivity index (χ0) is 13.9. The number of nitrogens with zero attached hydrogens (tertiary/aromatic N) is 3. The number of rotatable bonds is 4. The van der Waals surface area contributed by atoms with E-state index in [1.165, 1.54) is 0 Å². The van der Waals surface area contributed by atoms with Gasteiger partial charge in [0.15, 0.2) is 0 Å². The molecular weight excluding hydrogens is 252 g/mol. The second-order valence-electron chi connectivity index (χ2n) is 4.42. The van der Waals surface area contributed by atoms with E-state index in [1.807, 2.05) is 35.1 Å². The first kappa shape index (κ1) is 12.5. The Morgan fingerprint density at radius 3 is 2.90 bits per heavy atom. The van der Waals surface area contributed by atoms with Crippen molar-refractivity contribution in [2.45, 2.75) is 13.5 Å². The summed E-state index contributed by atoms with van der Waals surface area (Å²) in [6.07, 6.45) is 5.53. The van der Waals surface area contributed by atoms with Crippen molar-refractivity contribution in [1.29, 1.82) is 0 Å². The summed E-state index contributed by atoms with van der Waals surface area (Å²) in [5.74, 6) is 1.65. The van der Waals surface area contributed by atoms with Gasteiger partial charge < -0.3 is 10.1 Å². The molecule has 0 spiro atoms. The number of aromatic nitrogens is 3. The zero-order valence-electron chi connectivity index (χ0n) is 11.5. The van der Waals surface area contributed by atoms with Crippen LogP contribution in [0.5, 0.6) is 5.75 Å². The van der Waals surface area contributed by atoms with Crippen LogP contribution < -0.4 is 10.1 Å². The molecular formula is C15H16N4O. The lowest BCUT2D eigenvalue weighted by Gasteiger charge is -2.09. The number of pyridine rings is 1. The van der Waals surface area contributed by atoms with Crippen LogP contribution >= 0.6 is 0 Å². The molecule has 0 aliphatic rings. The van der Waals surface area contributed by atoms with Gasteiger partial charge in [0.25, 0.3) is 0 Å². The molecule has 5 nitrogen and oxygen atoms in total. The van der Waals surface area contributed by atoms with E-state index in [1.54, 1.807) is 19.5 Å². The molecule has 3 rings (SSSR count). The maximum absolute atomic E-state index is 5.38. The molecule has 0 aliphatic heterocycles. The van der Waals surface area contributed by atoms with Gasteiger partial charge in [0.05, 0.1) is 19.0 Å². The summed E-state index contributed by atoms with van der Waals surface area (Å²) in [5, 5.41) is 9.61. The predicted molar refractivity (Wildman–Crippen MR) is 79.5 cm³/mol. The number of nitrogens with one attached hydrogen (secondary N) is 1. The lowest BCUT2D eigenvalue weighted by atomic mass is 10.1. The third kappa shape index (κ3) is 2.18. The maximum Gasteiger partial charge on any atom is 0.138 e. The van der Waals surface area contributed by atoms with Crippen LogP contribution in [0.4, 0.5) is 11.5 Å². The van der Waals surface area contributed by atoms with Crippen LogP contribution in [0.25, 0.3) is 10.8 Å². The normalized spacial score (nSPS) is 10.7. The molecule has 0 radical (unpaired) electrons. The molecule has 0 bridgehead atoms. The Balaban J connectivity index is 2.03. The van der Waals surface area contributed by atoms with Gasteiger partial charge in [0, 0.05) is 29.7 Å². The number of anilines is 2. The van der Waals surface area contributed by atoms with E-state index in [0.29, 0.717) is 0 Å². The minimum Gasteiger partial charge on any atom is -0.496 e. The molecule has 3 aromatic rings. The third-order valence-electron chi connectivity index (χ3n) is 3.21. The highest BCUT2D eigenvalue weighted by atomic mass is 16.5. The number of hydrogen-bond donors (Lipinski definition) is 1. The van der Waals surface area contributed by atoms with Gasteiger partial charge in [-0.2, -0.15) is 5.10 Å². The molecule has 102 valence electrons. The molecule has 0 unspecified atom stereocenters. The van der Waals surface area contributed by atoms with Crippen molar-refractivity contribution < 1.29 is 4.74 Å². The lowest BCUT2D eigenvalue weighted by molar-refractivity contribution is 0.420. The van der Waals surface area contributed by atoms with Gasteiger partial charge in [0.2, 0.25) is 0 Å². The van der Waals surface area contributed by atoms with E-state index < -0.39 is 0 Å². The Morgan fingerprint density at radius 1 is 1.25 bits per heavy atom. The van der Waals surface area contributed by atoms with E-state index in [-0.39, 0.29) is 0 Å². The second-order valence-corrected chi connectivity index (χ2v) is 4.42. The fourth-order valence-corrected chi connectivity index (χ4v) is 2.19. The van der Waals surface area contributed by atoms with Crippen molar-refractivity contribution in [3.8, 4) is 5.75 Å². The number of hydrogen-bond acceptors (Lipinski definition) is 4. The number of benzene rings is 1. The van der Waals surface area contributed by atoms with Gasteiger partial charge in [-0.1, -0.05) is 12.1 Å². The first-order valence-electron chi connectivity index (χ1n) is 6.53. The highest BCUT2D eigenvalue weighted by Crippen LogP contribution is 2.30. The molecule has 2 aromatic heterocycles. The third-order valence-corrected chi connectivity index (χ3v) is 3.21. The van der Waals surface area contributed by atoms with Crippen molar-refractivity contribution in [1.82, 2.24) is 14.8 Å². The van der Waals surface area contributed by atoms with Crippen LogP contribution in [0.3, 0.4) is 0 Å². The largest absolute Gasteiger partial charge is 0.496 e. The number of methoxy groups -OCH3 is 1. The van der Waals surface area contributed by atoms with E-state index in [0.717, 1.165) is 34.6 Å². The van der Waals surface area contributed by atoms with Gasteiger partial charge in [-0.15, -0.1) is 0 Å². The molecule has 0 saturated heterocycles. The van der Waals surface area contributed by atoms with Crippen LogP contribution in [0.1, 0.15) is 6.92 Å². The van der Waals surface area contributed by atoms with Crippen LogP contribution in [0.2, 0.25) is 0 Å². The summed E-state index contributed by atoms with van der Waals surface area (Å²) in [6, 6.07) is 7.89. The van der Waals surface area contributed by atoms with Crippen LogP contribution in [-0.4, -0.2) is 21.9 Å². The SMILES string of the molecule is CCn1cc(Nc2nccc3c(OC)cccc23)cn1. The van der Waals surface area contributed by atoms with Crippen molar-refractivity contribution in [2.75, 3.05) is 12.4 Å². The average molecular weight is 268 g/mol. The van der Waals surface area contributed by atoms with Gasteiger partial charge >= 0.3 is 0 Å². The molecule has 20 heavy (non-hydrogen) atoms. The van der Waals surface area contributed by atoms with Gasteiger partial charge in [0.1, 0.15) is 11.6 Å². The molecule has 1 N–H and O–H groups in total. The summed E-state index contributed by atoms with van der Waals surface area (Å²) < 4.78 is 7.25. The van der Waals surface area contributed by atoms with E-state index in [9.17, 15) is 0 Å². The smallest absolute Gasteiger partial charge is 0.138 e. The Kier molecular flexibility index (Phi) is 3.25. The zero-order valence-corrected chi connectivity index (χ0v) is 11.5. The molecule has 2 heterocycles. The minimum atomic E-state index is 0.803. The summed E-state index contributed by atoms with van der Waals surface area (Å²) in [5.41, 5.74) is 0.926. The predicted octanol–water partition coefficient (Wildman–Crippen LogP) is 3.20. The standard InChI is InChI=1S/C15H16N4O/c1-3-19-10-11(9-17-19)18-15-13-5-4-6-14(20-2)12(13)7-8-16-15/h4-10H,3H2,1-2H3,(H,16,18). The summed E-state index contributed by atoms with van der Waals surface area (Å²) in [6.45, 7) is 2.90. The van der Waals surface area contributed by atoms with Crippen molar-refractivity contribution in [3.05, 3.63) is 42.9 Å². The van der Waals surface area contributed by atoms with Crippen molar-refractivity contribution in [3.63, 3.8) is 0 Å². The van der Waals surface area contributed by atoms with Gasteiger partial charge in [-0.3, -0.25) is 4.68 Å². The summed E-state index contributed by atoms with van der Waals surface area (Å²) in [4.78, 5) is 4.41. The lowest BCUT2D eigenvalue weighted by Crippen LogP contribution is -1.95. The van der Waals surface area contributed by atoms with Crippen LogP contribution in [-0.2, 0) is 6.54 Å². The minimum absolute atomic E-state index is 0.803. The number of aryl methyl sites for hydroxylation is 1. The quantitative estimate of drug-likeness (QED) is 0.789. The van der Waals surface area contributed by atoms with Crippen molar-refractivity contribution >= 4 is 22.3 Å². The molecule has 0 saturated carbocycles. The highest BCUT2D eigenvalue weighted by Gasteiger charge is 2.07. The van der Waals surface area contributed by atoms with Crippen LogP contribution in [0.15, 0.2) is 42.9 Å². The number of fused-ring (bicyclic) bond motifs is 1. The first-order valence-corrected chi connectivity index (χ1v) is 6.53. The fourth-order valence-electron chi connectivity index (χ4n) is 2.19. The number of ether oxygens (including phenoxy) is 1. The molecule has 0 amide bonds. The summed E-state index contributed by atoms with van der Waals surface area (Å²) >= 11 is 0. The fraction of sp³-hybridized carbons (Fsp3) is 0.200. The Hall–Kier alpha value is -2.56. The molecule has 0 fully saturated rings. The van der Waals surface area contributed by atoms with Gasteiger partial charge in [-0.25, -0.2) is 4.98 Å². The second kappa shape index (κ2) is 5.21. The van der Waals surface area contributed by atoms with E-state index in [4.69, 9.17) is 4.74 Å². The van der Waals surface area contributed by atoms with E-state index in [2.05, 4.69) is 22.3 Å². The highest BCUT2D eigenvalue weighted by molar-refractivity contribution is 5.96. The van der Waals surface area contributed by atoms with Gasteiger partial charge in [-0.05, 0) is 19.1 Å². The topological polar surface area (TPSA) is 52.0 Å². The molecule has 0 aliphatic carbocycles.